The van der Waals surface area contributed by atoms with E-state index in [1.165, 1.54) is 18.2 Å². The molecule has 2 amide bonds. The summed E-state index contributed by atoms with van der Waals surface area (Å²) < 4.78 is 19.1. The molecule has 1 heterocycles. The smallest absolute Gasteiger partial charge is 0.258 e. The van der Waals surface area contributed by atoms with Crippen molar-refractivity contribution in [1.82, 2.24) is 4.90 Å². The molecular weight excluding hydrogens is 335 g/mol. The molecule has 0 saturated carbocycles. The van der Waals surface area contributed by atoms with E-state index >= 15 is 0 Å². The highest BCUT2D eigenvalue weighted by atomic mass is 19.1. The number of carbonyl (C=O) groups excluding carboxylic acids is 2. The zero-order chi connectivity index (χ0) is 18.7. The topological polar surface area (TPSA) is 58.6 Å². The molecule has 136 valence electrons. The lowest BCUT2D eigenvalue weighted by Gasteiger charge is -2.42. The fourth-order valence-corrected chi connectivity index (χ4v) is 2.93. The van der Waals surface area contributed by atoms with Crippen molar-refractivity contribution in [3.8, 4) is 0 Å². The number of morpholine rings is 1. The van der Waals surface area contributed by atoms with Crippen LogP contribution in [0.1, 0.15) is 34.6 Å². The maximum atomic E-state index is 13.7. The number of carbonyl (C=O) groups is 2. The molecule has 1 saturated heterocycles. The number of benzene rings is 2. The standard InChI is InChI=1S/C20H21FN2O3/c1-20(2)13-26-12-11-23(20)19(25)14-7-9-15(10-8-14)22-18(24)16-5-3-4-6-17(16)21/h3-10H,11-13H2,1-2H3,(H,22,24). The van der Waals surface area contributed by atoms with Crippen LogP contribution in [0.5, 0.6) is 0 Å². The van der Waals surface area contributed by atoms with E-state index in [0.717, 1.165) is 0 Å². The van der Waals surface area contributed by atoms with E-state index in [0.29, 0.717) is 31.0 Å². The first-order valence-corrected chi connectivity index (χ1v) is 8.44. The molecule has 1 N–H and O–H groups in total. The van der Waals surface area contributed by atoms with Crippen LogP contribution in [0.15, 0.2) is 48.5 Å². The second-order valence-corrected chi connectivity index (χ2v) is 6.83. The molecule has 0 aromatic heterocycles. The van der Waals surface area contributed by atoms with Crippen molar-refractivity contribution in [1.29, 1.82) is 0 Å². The first-order valence-electron chi connectivity index (χ1n) is 8.44. The Hall–Kier alpha value is -2.73. The molecule has 0 unspecified atom stereocenters. The van der Waals surface area contributed by atoms with Gasteiger partial charge in [0.05, 0.1) is 24.3 Å². The van der Waals surface area contributed by atoms with E-state index in [1.807, 2.05) is 13.8 Å². The zero-order valence-electron chi connectivity index (χ0n) is 14.8. The predicted octanol–water partition coefficient (Wildman–Crippen LogP) is 3.33. The molecule has 5 nitrogen and oxygen atoms in total. The molecule has 0 spiro atoms. The number of hydrogen-bond donors (Lipinski definition) is 1. The Morgan fingerprint density at radius 1 is 1.12 bits per heavy atom. The van der Waals surface area contributed by atoms with Gasteiger partial charge in [0.25, 0.3) is 11.8 Å². The third-order valence-corrected chi connectivity index (χ3v) is 4.40. The largest absolute Gasteiger partial charge is 0.377 e. The van der Waals surface area contributed by atoms with Crippen LogP contribution in [0.2, 0.25) is 0 Å². The lowest BCUT2D eigenvalue weighted by Crippen LogP contribution is -2.55. The van der Waals surface area contributed by atoms with Crippen molar-refractivity contribution in [2.75, 3.05) is 25.1 Å². The van der Waals surface area contributed by atoms with Gasteiger partial charge in [0.1, 0.15) is 5.82 Å². The van der Waals surface area contributed by atoms with Crippen molar-refractivity contribution in [3.05, 3.63) is 65.5 Å². The maximum absolute atomic E-state index is 13.7. The molecule has 0 atom stereocenters. The minimum atomic E-state index is -0.577. The summed E-state index contributed by atoms with van der Waals surface area (Å²) in [6, 6.07) is 12.4. The summed E-state index contributed by atoms with van der Waals surface area (Å²) in [4.78, 5) is 26.7. The maximum Gasteiger partial charge on any atom is 0.258 e. The number of nitrogens with one attached hydrogen (secondary N) is 1. The summed E-state index contributed by atoms with van der Waals surface area (Å²) in [5, 5.41) is 2.64. The molecule has 2 aromatic rings. The Morgan fingerprint density at radius 3 is 2.46 bits per heavy atom. The SMILES string of the molecule is CC1(C)COCCN1C(=O)c1ccc(NC(=O)c2ccccc2F)cc1. The van der Waals surface area contributed by atoms with Gasteiger partial charge in [0, 0.05) is 17.8 Å². The van der Waals surface area contributed by atoms with Gasteiger partial charge in [0.2, 0.25) is 0 Å². The van der Waals surface area contributed by atoms with Crippen molar-refractivity contribution >= 4 is 17.5 Å². The van der Waals surface area contributed by atoms with Crippen molar-refractivity contribution in [2.45, 2.75) is 19.4 Å². The summed E-state index contributed by atoms with van der Waals surface area (Å²) >= 11 is 0. The fourth-order valence-electron chi connectivity index (χ4n) is 2.93. The summed E-state index contributed by atoms with van der Waals surface area (Å²) in [6.07, 6.45) is 0. The number of amides is 2. The Kier molecular flexibility index (Phi) is 5.04. The quantitative estimate of drug-likeness (QED) is 0.918. The second-order valence-electron chi connectivity index (χ2n) is 6.83. The van der Waals surface area contributed by atoms with Gasteiger partial charge in [-0.2, -0.15) is 0 Å². The number of nitrogens with zero attached hydrogens (tertiary/aromatic N) is 1. The Labute approximate surface area is 151 Å². The van der Waals surface area contributed by atoms with E-state index in [-0.39, 0.29) is 17.0 Å². The second kappa shape index (κ2) is 7.25. The highest BCUT2D eigenvalue weighted by Gasteiger charge is 2.34. The molecule has 1 aliphatic heterocycles. The van der Waals surface area contributed by atoms with Crippen LogP contribution in [-0.4, -0.2) is 42.0 Å². The summed E-state index contributed by atoms with van der Waals surface area (Å²) in [5.74, 6) is -1.19. The van der Waals surface area contributed by atoms with Crippen molar-refractivity contribution < 1.29 is 18.7 Å². The average molecular weight is 356 g/mol. The zero-order valence-corrected chi connectivity index (χ0v) is 14.8. The van der Waals surface area contributed by atoms with Gasteiger partial charge in [-0.1, -0.05) is 12.1 Å². The van der Waals surface area contributed by atoms with Crippen molar-refractivity contribution in [2.24, 2.45) is 0 Å². The van der Waals surface area contributed by atoms with Crippen LogP contribution < -0.4 is 5.32 Å². The molecule has 0 bridgehead atoms. The number of halogens is 1. The van der Waals surface area contributed by atoms with Gasteiger partial charge >= 0.3 is 0 Å². The van der Waals surface area contributed by atoms with Crippen LogP contribution in [0.4, 0.5) is 10.1 Å². The molecule has 3 rings (SSSR count). The molecular formula is C20H21FN2O3. The third kappa shape index (κ3) is 3.75. The summed E-state index contributed by atoms with van der Waals surface area (Å²) in [7, 11) is 0. The molecule has 1 fully saturated rings. The van der Waals surface area contributed by atoms with Gasteiger partial charge in [-0.05, 0) is 50.2 Å². The Balaban J connectivity index is 1.71. The summed E-state index contributed by atoms with van der Waals surface area (Å²) in [6.45, 7) is 5.49. The molecule has 26 heavy (non-hydrogen) atoms. The van der Waals surface area contributed by atoms with Gasteiger partial charge in [-0.3, -0.25) is 9.59 Å². The summed E-state index contributed by atoms with van der Waals surface area (Å²) in [5.41, 5.74) is 0.634. The van der Waals surface area contributed by atoms with E-state index in [2.05, 4.69) is 5.32 Å². The number of ether oxygens (including phenoxy) is 1. The molecule has 2 aromatic carbocycles. The van der Waals surface area contributed by atoms with Gasteiger partial charge in [-0.25, -0.2) is 4.39 Å². The van der Waals surface area contributed by atoms with Crippen molar-refractivity contribution in [3.63, 3.8) is 0 Å². The molecule has 0 radical (unpaired) electrons. The fraction of sp³-hybridized carbons (Fsp3) is 0.300. The molecule has 6 heteroatoms. The lowest BCUT2D eigenvalue weighted by atomic mass is 10.0. The first-order chi connectivity index (χ1) is 12.4. The van der Waals surface area contributed by atoms with Crippen LogP contribution in [0.3, 0.4) is 0 Å². The third-order valence-electron chi connectivity index (χ3n) is 4.40. The van der Waals surface area contributed by atoms with E-state index in [1.54, 1.807) is 35.2 Å². The minimum Gasteiger partial charge on any atom is -0.377 e. The minimum absolute atomic E-state index is 0.0253. The Morgan fingerprint density at radius 2 is 1.81 bits per heavy atom. The first kappa shape index (κ1) is 18.1. The van der Waals surface area contributed by atoms with E-state index < -0.39 is 11.7 Å². The van der Waals surface area contributed by atoms with E-state index in [4.69, 9.17) is 4.74 Å². The average Bonchev–Trinajstić information content (AvgIpc) is 2.62. The Bertz CT molecular complexity index is 818. The van der Waals surface area contributed by atoms with Gasteiger partial charge < -0.3 is 15.0 Å². The van der Waals surface area contributed by atoms with Crippen LogP contribution >= 0.6 is 0 Å². The van der Waals surface area contributed by atoms with E-state index in [9.17, 15) is 14.0 Å². The normalized spacial score (nSPS) is 16.2. The van der Waals surface area contributed by atoms with Crippen LogP contribution in [0, 0.1) is 5.82 Å². The molecule has 1 aliphatic rings. The monoisotopic (exact) mass is 356 g/mol. The highest BCUT2D eigenvalue weighted by Crippen LogP contribution is 2.22. The van der Waals surface area contributed by atoms with Gasteiger partial charge in [-0.15, -0.1) is 0 Å². The van der Waals surface area contributed by atoms with Crippen LogP contribution in [-0.2, 0) is 4.74 Å². The van der Waals surface area contributed by atoms with Gasteiger partial charge in [0.15, 0.2) is 0 Å². The predicted molar refractivity (Wildman–Crippen MR) is 96.7 cm³/mol. The highest BCUT2D eigenvalue weighted by molar-refractivity contribution is 6.04. The lowest BCUT2D eigenvalue weighted by molar-refractivity contribution is -0.0370. The number of hydrogen-bond acceptors (Lipinski definition) is 3. The number of rotatable bonds is 3. The van der Waals surface area contributed by atoms with Crippen LogP contribution in [0.25, 0.3) is 0 Å². The number of anilines is 1. The molecule has 0 aliphatic carbocycles.